The molecule has 0 aliphatic carbocycles. The monoisotopic (exact) mass is 385 g/mol. The highest BCUT2D eigenvalue weighted by Crippen LogP contribution is 2.15. The standard InChI is InChI=1S/C24H23N3O2/c1-26(15-16-29-21-7-3-2-4-8-21)24(28)20-13-11-19(12-14-20)17-27-18-25-22-9-5-6-10-23(22)27/h2-14,18H,15-17H2,1H3. The molecule has 4 aromatic rings. The third kappa shape index (κ3) is 4.46. The second-order valence-electron chi connectivity index (χ2n) is 6.95. The molecule has 1 amide bonds. The first-order chi connectivity index (χ1) is 14.2. The number of fused-ring (bicyclic) bond motifs is 1. The van der Waals surface area contributed by atoms with Gasteiger partial charge in [-0.05, 0) is 42.0 Å². The molecule has 0 saturated carbocycles. The Morgan fingerprint density at radius 1 is 0.966 bits per heavy atom. The second-order valence-corrected chi connectivity index (χ2v) is 6.95. The van der Waals surface area contributed by atoms with Crippen LogP contribution >= 0.6 is 0 Å². The number of rotatable bonds is 7. The quantitative estimate of drug-likeness (QED) is 0.478. The van der Waals surface area contributed by atoms with Gasteiger partial charge in [0.15, 0.2) is 0 Å². The summed E-state index contributed by atoms with van der Waals surface area (Å²) in [6, 6.07) is 25.4. The maximum absolute atomic E-state index is 12.6. The van der Waals surface area contributed by atoms with Crippen molar-refractivity contribution in [3.63, 3.8) is 0 Å². The van der Waals surface area contributed by atoms with Crippen LogP contribution in [0.25, 0.3) is 11.0 Å². The highest BCUT2D eigenvalue weighted by Gasteiger charge is 2.12. The van der Waals surface area contributed by atoms with Gasteiger partial charge in [-0.15, -0.1) is 0 Å². The van der Waals surface area contributed by atoms with Gasteiger partial charge >= 0.3 is 0 Å². The summed E-state index contributed by atoms with van der Waals surface area (Å²) in [5.41, 5.74) is 3.88. The van der Waals surface area contributed by atoms with E-state index in [4.69, 9.17) is 4.74 Å². The normalized spacial score (nSPS) is 10.8. The van der Waals surface area contributed by atoms with E-state index in [0.29, 0.717) is 18.7 Å². The largest absolute Gasteiger partial charge is 0.492 e. The molecule has 1 aromatic heterocycles. The molecule has 5 nitrogen and oxygen atoms in total. The van der Waals surface area contributed by atoms with Gasteiger partial charge in [0.05, 0.1) is 23.9 Å². The van der Waals surface area contributed by atoms with Crippen LogP contribution in [0.4, 0.5) is 0 Å². The zero-order chi connectivity index (χ0) is 20.1. The van der Waals surface area contributed by atoms with E-state index in [9.17, 15) is 4.79 Å². The molecule has 146 valence electrons. The van der Waals surface area contributed by atoms with Crippen molar-refractivity contribution < 1.29 is 9.53 Å². The molecular weight excluding hydrogens is 362 g/mol. The van der Waals surface area contributed by atoms with E-state index in [-0.39, 0.29) is 5.91 Å². The summed E-state index contributed by atoms with van der Waals surface area (Å²) in [4.78, 5) is 18.8. The van der Waals surface area contributed by atoms with Crippen LogP contribution in [0.2, 0.25) is 0 Å². The first-order valence-corrected chi connectivity index (χ1v) is 9.63. The zero-order valence-corrected chi connectivity index (χ0v) is 16.4. The smallest absolute Gasteiger partial charge is 0.253 e. The van der Waals surface area contributed by atoms with Gasteiger partial charge in [-0.2, -0.15) is 0 Å². The van der Waals surface area contributed by atoms with Crippen LogP contribution in [0.3, 0.4) is 0 Å². The lowest BCUT2D eigenvalue weighted by Gasteiger charge is -2.18. The van der Waals surface area contributed by atoms with Gasteiger partial charge in [0.2, 0.25) is 0 Å². The average molecular weight is 385 g/mol. The molecule has 0 unspecified atom stereocenters. The minimum Gasteiger partial charge on any atom is -0.492 e. The van der Waals surface area contributed by atoms with Gasteiger partial charge in [-0.1, -0.05) is 42.5 Å². The molecule has 0 aliphatic rings. The van der Waals surface area contributed by atoms with E-state index >= 15 is 0 Å². The zero-order valence-electron chi connectivity index (χ0n) is 16.4. The van der Waals surface area contributed by atoms with Crippen LogP contribution < -0.4 is 4.74 Å². The van der Waals surface area contributed by atoms with Crippen molar-refractivity contribution in [2.24, 2.45) is 0 Å². The van der Waals surface area contributed by atoms with Crippen molar-refractivity contribution in [3.8, 4) is 5.75 Å². The van der Waals surface area contributed by atoms with Gasteiger partial charge in [-0.25, -0.2) is 4.98 Å². The predicted octanol–water partition coefficient (Wildman–Crippen LogP) is 4.24. The lowest BCUT2D eigenvalue weighted by molar-refractivity contribution is 0.0774. The van der Waals surface area contributed by atoms with Gasteiger partial charge in [0.25, 0.3) is 5.91 Å². The number of carbonyl (C=O) groups is 1. The minimum absolute atomic E-state index is 0.0127. The lowest BCUT2D eigenvalue weighted by Crippen LogP contribution is -2.30. The summed E-state index contributed by atoms with van der Waals surface area (Å²) >= 11 is 0. The Morgan fingerprint density at radius 2 is 1.69 bits per heavy atom. The number of likely N-dealkylation sites (N-methyl/N-ethyl adjacent to an activating group) is 1. The number of nitrogens with zero attached hydrogens (tertiary/aromatic N) is 3. The summed E-state index contributed by atoms with van der Waals surface area (Å²) in [5.74, 6) is 0.797. The van der Waals surface area contributed by atoms with Crippen LogP contribution in [-0.4, -0.2) is 40.6 Å². The molecular formula is C24H23N3O2. The van der Waals surface area contributed by atoms with Crippen molar-refractivity contribution in [1.82, 2.24) is 14.5 Å². The molecule has 0 bridgehead atoms. The molecule has 3 aromatic carbocycles. The molecule has 4 rings (SSSR count). The third-order valence-corrected chi connectivity index (χ3v) is 4.87. The molecule has 0 saturated heterocycles. The van der Waals surface area contributed by atoms with Gasteiger partial charge < -0.3 is 14.2 Å². The Hall–Kier alpha value is -3.60. The Morgan fingerprint density at radius 3 is 2.48 bits per heavy atom. The summed E-state index contributed by atoms with van der Waals surface area (Å²) < 4.78 is 7.78. The van der Waals surface area contributed by atoms with Crippen LogP contribution in [-0.2, 0) is 6.54 Å². The predicted molar refractivity (Wildman–Crippen MR) is 114 cm³/mol. The summed E-state index contributed by atoms with van der Waals surface area (Å²) in [7, 11) is 1.79. The van der Waals surface area contributed by atoms with Crippen LogP contribution in [0.1, 0.15) is 15.9 Å². The highest BCUT2D eigenvalue weighted by atomic mass is 16.5. The Labute approximate surface area is 170 Å². The second kappa shape index (κ2) is 8.61. The molecule has 0 N–H and O–H groups in total. The highest BCUT2D eigenvalue weighted by molar-refractivity contribution is 5.94. The molecule has 0 spiro atoms. The summed E-state index contributed by atoms with van der Waals surface area (Å²) in [6.45, 7) is 1.70. The number of ether oxygens (including phenoxy) is 1. The maximum atomic E-state index is 12.6. The fourth-order valence-electron chi connectivity index (χ4n) is 3.22. The summed E-state index contributed by atoms with van der Waals surface area (Å²) in [5, 5.41) is 0. The van der Waals surface area contributed by atoms with Gasteiger partial charge in [0, 0.05) is 19.2 Å². The van der Waals surface area contributed by atoms with Crippen molar-refractivity contribution in [3.05, 3.63) is 96.3 Å². The molecule has 29 heavy (non-hydrogen) atoms. The van der Waals surface area contributed by atoms with Crippen LogP contribution in [0.15, 0.2) is 85.2 Å². The van der Waals surface area contributed by atoms with Gasteiger partial charge in [-0.3, -0.25) is 4.79 Å². The average Bonchev–Trinajstić information content (AvgIpc) is 3.17. The van der Waals surface area contributed by atoms with E-state index in [0.717, 1.165) is 28.9 Å². The SMILES string of the molecule is CN(CCOc1ccccc1)C(=O)c1ccc(Cn2cnc3ccccc32)cc1. The van der Waals surface area contributed by atoms with Crippen molar-refractivity contribution in [2.75, 3.05) is 20.2 Å². The Kier molecular flexibility index (Phi) is 5.56. The fourth-order valence-corrected chi connectivity index (χ4v) is 3.22. The lowest BCUT2D eigenvalue weighted by atomic mass is 10.1. The first kappa shape index (κ1) is 18.7. The van der Waals surface area contributed by atoms with E-state index < -0.39 is 0 Å². The van der Waals surface area contributed by atoms with E-state index in [1.807, 2.05) is 79.1 Å². The van der Waals surface area contributed by atoms with Crippen molar-refractivity contribution in [1.29, 1.82) is 0 Å². The molecule has 5 heteroatoms. The Balaban J connectivity index is 1.35. The molecule has 1 heterocycles. The number of hydrogen-bond donors (Lipinski definition) is 0. The number of hydrogen-bond acceptors (Lipinski definition) is 3. The molecule has 0 radical (unpaired) electrons. The first-order valence-electron chi connectivity index (χ1n) is 9.63. The topological polar surface area (TPSA) is 47.4 Å². The number of carbonyl (C=O) groups excluding carboxylic acids is 1. The van der Waals surface area contributed by atoms with E-state index in [2.05, 4.69) is 15.6 Å². The van der Waals surface area contributed by atoms with Crippen molar-refractivity contribution in [2.45, 2.75) is 6.54 Å². The van der Waals surface area contributed by atoms with Crippen LogP contribution in [0, 0.1) is 0 Å². The molecule has 0 atom stereocenters. The third-order valence-electron chi connectivity index (χ3n) is 4.87. The van der Waals surface area contributed by atoms with E-state index in [1.165, 1.54) is 0 Å². The number of amides is 1. The van der Waals surface area contributed by atoms with Crippen LogP contribution in [0.5, 0.6) is 5.75 Å². The number of aromatic nitrogens is 2. The number of para-hydroxylation sites is 3. The molecule has 0 fully saturated rings. The fraction of sp³-hybridized carbons (Fsp3) is 0.167. The number of benzene rings is 3. The molecule has 0 aliphatic heterocycles. The number of imidazole rings is 1. The Bertz CT molecular complexity index is 1090. The van der Waals surface area contributed by atoms with Gasteiger partial charge in [0.1, 0.15) is 12.4 Å². The minimum atomic E-state index is -0.0127. The summed E-state index contributed by atoms with van der Waals surface area (Å²) in [6.07, 6.45) is 1.85. The maximum Gasteiger partial charge on any atom is 0.253 e. The van der Waals surface area contributed by atoms with E-state index in [1.54, 1.807) is 11.9 Å². The van der Waals surface area contributed by atoms with Crippen molar-refractivity contribution >= 4 is 16.9 Å².